The maximum atomic E-state index is 13.1. The van der Waals surface area contributed by atoms with E-state index >= 15 is 0 Å². The van der Waals surface area contributed by atoms with E-state index in [2.05, 4.69) is 24.7 Å². The van der Waals surface area contributed by atoms with Crippen LogP contribution in [0.4, 0.5) is 4.39 Å². The first kappa shape index (κ1) is 8.07. The Morgan fingerprint density at radius 1 is 1.42 bits per heavy atom. The van der Waals surface area contributed by atoms with Crippen molar-refractivity contribution in [2.75, 3.05) is 0 Å². The minimum absolute atomic E-state index is 0.230. The molecule has 0 amide bonds. The molecule has 0 bridgehead atoms. The summed E-state index contributed by atoms with van der Waals surface area (Å²) >= 11 is 4.31. The van der Waals surface area contributed by atoms with Gasteiger partial charge >= 0.3 is 0 Å². The Balaban J connectivity index is 2.83. The molecule has 1 heterocycles. The zero-order valence-electron chi connectivity index (χ0n) is 5.92. The number of aromatic nitrogens is 2. The van der Waals surface area contributed by atoms with E-state index in [0.717, 1.165) is 17.2 Å². The standard InChI is InChI=1S/C7H4BrFN2S/c8-3-4-5(9)1-2-6-7(4)11-12-10-6/h1-2H,3H2. The van der Waals surface area contributed by atoms with Crippen molar-refractivity contribution >= 4 is 38.7 Å². The van der Waals surface area contributed by atoms with Crippen LogP contribution in [0.25, 0.3) is 11.0 Å². The third kappa shape index (κ3) is 1.13. The first-order chi connectivity index (χ1) is 5.83. The molecule has 2 nitrogen and oxygen atoms in total. The van der Waals surface area contributed by atoms with E-state index in [4.69, 9.17) is 0 Å². The van der Waals surface area contributed by atoms with Gasteiger partial charge in [-0.15, -0.1) is 0 Å². The van der Waals surface area contributed by atoms with Crippen LogP contribution in [0.5, 0.6) is 0 Å². The largest absolute Gasteiger partial charge is 0.207 e. The van der Waals surface area contributed by atoms with E-state index in [-0.39, 0.29) is 5.82 Å². The van der Waals surface area contributed by atoms with E-state index in [0.29, 0.717) is 16.4 Å². The number of halogens is 2. The highest BCUT2D eigenvalue weighted by atomic mass is 79.9. The minimum Gasteiger partial charge on any atom is -0.207 e. The Labute approximate surface area is 80.9 Å². The van der Waals surface area contributed by atoms with Crippen LogP contribution in [0.2, 0.25) is 0 Å². The maximum absolute atomic E-state index is 13.1. The summed E-state index contributed by atoms with van der Waals surface area (Å²) in [5.41, 5.74) is 2.01. The van der Waals surface area contributed by atoms with Gasteiger partial charge in [-0.05, 0) is 12.1 Å². The zero-order chi connectivity index (χ0) is 8.55. The lowest BCUT2D eigenvalue weighted by Gasteiger charge is -1.96. The molecular formula is C7H4BrFN2S. The monoisotopic (exact) mass is 246 g/mol. The predicted molar refractivity (Wildman–Crippen MR) is 50.0 cm³/mol. The number of hydrogen-bond donors (Lipinski definition) is 0. The van der Waals surface area contributed by atoms with Crippen molar-refractivity contribution < 1.29 is 4.39 Å². The topological polar surface area (TPSA) is 25.8 Å². The summed E-state index contributed by atoms with van der Waals surface area (Å²) in [6, 6.07) is 3.06. The second-order valence-electron chi connectivity index (χ2n) is 2.29. The van der Waals surface area contributed by atoms with Gasteiger partial charge < -0.3 is 0 Å². The fraction of sp³-hybridized carbons (Fsp3) is 0.143. The lowest BCUT2D eigenvalue weighted by molar-refractivity contribution is 0.620. The van der Waals surface area contributed by atoms with Crippen LogP contribution in [0.15, 0.2) is 12.1 Å². The lowest BCUT2D eigenvalue weighted by atomic mass is 10.2. The van der Waals surface area contributed by atoms with E-state index < -0.39 is 0 Å². The van der Waals surface area contributed by atoms with E-state index in [1.54, 1.807) is 6.07 Å². The SMILES string of the molecule is Fc1ccc2nsnc2c1CBr. The third-order valence-electron chi connectivity index (χ3n) is 1.61. The molecule has 62 valence electrons. The van der Waals surface area contributed by atoms with Crippen LogP contribution >= 0.6 is 27.7 Å². The smallest absolute Gasteiger partial charge is 0.129 e. The number of benzene rings is 1. The number of alkyl halides is 1. The lowest BCUT2D eigenvalue weighted by Crippen LogP contribution is -1.87. The van der Waals surface area contributed by atoms with Crippen molar-refractivity contribution in [2.24, 2.45) is 0 Å². The van der Waals surface area contributed by atoms with Gasteiger partial charge in [0.25, 0.3) is 0 Å². The zero-order valence-corrected chi connectivity index (χ0v) is 8.32. The molecule has 5 heteroatoms. The summed E-state index contributed by atoms with van der Waals surface area (Å²) in [7, 11) is 0. The molecule has 0 unspecified atom stereocenters. The van der Waals surface area contributed by atoms with Crippen LogP contribution in [0.1, 0.15) is 5.56 Å². The fourth-order valence-electron chi connectivity index (χ4n) is 1.01. The number of fused-ring (bicyclic) bond motifs is 1. The summed E-state index contributed by atoms with van der Waals surface area (Å²) in [5.74, 6) is -0.230. The first-order valence-corrected chi connectivity index (χ1v) is 5.13. The minimum atomic E-state index is -0.230. The molecule has 1 aromatic heterocycles. The van der Waals surface area contributed by atoms with Crippen LogP contribution < -0.4 is 0 Å². The molecule has 0 aliphatic rings. The molecule has 0 spiro atoms. The average Bonchev–Trinajstić information content (AvgIpc) is 2.52. The summed E-state index contributed by atoms with van der Waals surface area (Å²) in [6.45, 7) is 0. The van der Waals surface area contributed by atoms with Crippen LogP contribution in [-0.4, -0.2) is 8.75 Å². The van der Waals surface area contributed by atoms with Crippen molar-refractivity contribution in [3.05, 3.63) is 23.5 Å². The molecule has 12 heavy (non-hydrogen) atoms. The molecule has 0 aliphatic carbocycles. The molecule has 2 aromatic rings. The van der Waals surface area contributed by atoms with Gasteiger partial charge in [0.2, 0.25) is 0 Å². The first-order valence-electron chi connectivity index (χ1n) is 3.28. The van der Waals surface area contributed by atoms with Crippen molar-refractivity contribution in [3.63, 3.8) is 0 Å². The van der Waals surface area contributed by atoms with Crippen molar-refractivity contribution in [1.29, 1.82) is 0 Å². The number of hydrogen-bond acceptors (Lipinski definition) is 3. The molecule has 0 N–H and O–H groups in total. The Kier molecular flexibility index (Phi) is 2.06. The van der Waals surface area contributed by atoms with E-state index in [9.17, 15) is 4.39 Å². The maximum Gasteiger partial charge on any atom is 0.129 e. The molecule has 0 fully saturated rings. The van der Waals surface area contributed by atoms with Gasteiger partial charge in [0, 0.05) is 10.9 Å². The Morgan fingerprint density at radius 2 is 2.25 bits per heavy atom. The Bertz CT molecular complexity index is 415. The average molecular weight is 247 g/mol. The second kappa shape index (κ2) is 3.06. The van der Waals surface area contributed by atoms with Gasteiger partial charge in [0.1, 0.15) is 16.9 Å². The van der Waals surface area contributed by atoms with Gasteiger partial charge in [0.15, 0.2) is 0 Å². The summed E-state index contributed by atoms with van der Waals surface area (Å²) < 4.78 is 21.1. The van der Waals surface area contributed by atoms with Crippen LogP contribution in [0, 0.1) is 5.82 Å². The van der Waals surface area contributed by atoms with Crippen molar-refractivity contribution in [3.8, 4) is 0 Å². The van der Waals surface area contributed by atoms with Gasteiger partial charge in [-0.1, -0.05) is 15.9 Å². The van der Waals surface area contributed by atoms with E-state index in [1.807, 2.05) is 0 Å². The Hall–Kier alpha value is -0.550. The molecule has 1 aromatic carbocycles. The van der Waals surface area contributed by atoms with Crippen molar-refractivity contribution in [1.82, 2.24) is 8.75 Å². The molecule has 0 saturated heterocycles. The van der Waals surface area contributed by atoms with Crippen LogP contribution in [-0.2, 0) is 5.33 Å². The molecule has 0 radical (unpaired) electrons. The van der Waals surface area contributed by atoms with Crippen molar-refractivity contribution in [2.45, 2.75) is 5.33 Å². The summed E-state index contributed by atoms with van der Waals surface area (Å²) in [4.78, 5) is 0. The fourth-order valence-corrected chi connectivity index (χ4v) is 2.10. The van der Waals surface area contributed by atoms with Crippen LogP contribution in [0.3, 0.4) is 0 Å². The molecule has 0 aliphatic heterocycles. The highest BCUT2D eigenvalue weighted by Crippen LogP contribution is 2.21. The normalized spacial score (nSPS) is 10.8. The molecule has 2 rings (SSSR count). The van der Waals surface area contributed by atoms with Gasteiger partial charge in [-0.2, -0.15) is 8.75 Å². The van der Waals surface area contributed by atoms with Gasteiger partial charge in [-0.3, -0.25) is 0 Å². The van der Waals surface area contributed by atoms with Gasteiger partial charge in [0.05, 0.1) is 11.7 Å². The highest BCUT2D eigenvalue weighted by Gasteiger charge is 2.08. The Morgan fingerprint density at radius 3 is 3.00 bits per heavy atom. The number of rotatable bonds is 1. The molecular weight excluding hydrogens is 243 g/mol. The molecule has 0 atom stereocenters. The number of nitrogens with zero attached hydrogens (tertiary/aromatic N) is 2. The third-order valence-corrected chi connectivity index (χ3v) is 2.71. The summed E-state index contributed by atoms with van der Waals surface area (Å²) in [5, 5.41) is 0.474. The van der Waals surface area contributed by atoms with E-state index in [1.165, 1.54) is 6.07 Å². The summed E-state index contributed by atoms with van der Waals surface area (Å²) in [6.07, 6.45) is 0. The molecule has 0 saturated carbocycles. The quantitative estimate of drug-likeness (QED) is 0.724. The highest BCUT2D eigenvalue weighted by molar-refractivity contribution is 9.08. The second-order valence-corrected chi connectivity index (χ2v) is 3.38. The predicted octanol–water partition coefficient (Wildman–Crippen LogP) is 2.73. The van der Waals surface area contributed by atoms with Gasteiger partial charge in [-0.25, -0.2) is 4.39 Å².